The van der Waals surface area contributed by atoms with E-state index in [1.807, 2.05) is 56.3 Å². The molecular weight excluding hydrogens is 404 g/mol. The molecule has 1 atom stereocenters. The average molecular weight is 433 g/mol. The maximum Gasteiger partial charge on any atom is 0.254 e. The topological polar surface area (TPSA) is 76.7 Å². The Hall–Kier alpha value is -3.54. The summed E-state index contributed by atoms with van der Waals surface area (Å²) in [7, 11) is 3.19. The number of hydrogen-bond donors (Lipinski definition) is 2. The number of carbonyl (C=O) groups excluding carboxylic acids is 2. The highest BCUT2D eigenvalue weighted by Gasteiger charge is 2.40. The molecule has 6 heteroatoms. The Kier molecular flexibility index (Phi) is 6.04. The van der Waals surface area contributed by atoms with E-state index in [1.54, 1.807) is 14.2 Å². The number of ether oxygens (including phenoxy) is 2. The molecule has 0 fully saturated rings. The fourth-order valence-electron chi connectivity index (χ4n) is 4.56. The summed E-state index contributed by atoms with van der Waals surface area (Å²) in [4.78, 5) is 26.8. The zero-order chi connectivity index (χ0) is 22.8. The van der Waals surface area contributed by atoms with Gasteiger partial charge in [0, 0.05) is 40.2 Å². The van der Waals surface area contributed by atoms with Gasteiger partial charge in [0.2, 0.25) is 0 Å². The van der Waals surface area contributed by atoms with Crippen LogP contribution < -0.4 is 20.1 Å². The van der Waals surface area contributed by atoms with E-state index in [1.165, 1.54) is 0 Å². The highest BCUT2D eigenvalue weighted by molar-refractivity contribution is 6.10. The maximum atomic E-state index is 13.6. The molecule has 0 aromatic heterocycles. The van der Waals surface area contributed by atoms with Gasteiger partial charge in [-0.25, -0.2) is 0 Å². The van der Waals surface area contributed by atoms with Crippen LogP contribution in [0.5, 0.6) is 11.5 Å². The molecule has 32 heavy (non-hydrogen) atoms. The van der Waals surface area contributed by atoms with Crippen molar-refractivity contribution in [3.8, 4) is 11.5 Å². The molecular formula is C26H28N2O4. The average Bonchev–Trinajstić information content (AvgIpc) is 2.79. The van der Waals surface area contributed by atoms with Crippen molar-refractivity contribution < 1.29 is 19.1 Å². The number of aryl methyl sites for hydroxylation is 1. The van der Waals surface area contributed by atoms with Crippen LogP contribution in [0.25, 0.3) is 0 Å². The number of carbonyl (C=O) groups is 2. The number of anilines is 1. The second-order valence-corrected chi connectivity index (χ2v) is 8.14. The first kappa shape index (κ1) is 21.7. The Bertz CT molecular complexity index is 1150. The van der Waals surface area contributed by atoms with Crippen LogP contribution in [-0.4, -0.2) is 25.9 Å². The van der Waals surface area contributed by atoms with E-state index in [0.29, 0.717) is 29.1 Å². The molecule has 2 N–H and O–H groups in total. The van der Waals surface area contributed by atoms with Crippen LogP contribution in [0.4, 0.5) is 5.69 Å². The molecule has 0 spiro atoms. The number of ketones is 1. The van der Waals surface area contributed by atoms with Crippen molar-refractivity contribution in [3.63, 3.8) is 0 Å². The molecule has 0 saturated carbocycles. The van der Waals surface area contributed by atoms with E-state index >= 15 is 0 Å². The number of dihydropyridines is 1. The van der Waals surface area contributed by atoms with Crippen LogP contribution in [0, 0.1) is 6.92 Å². The van der Waals surface area contributed by atoms with Gasteiger partial charge in [0.1, 0.15) is 11.5 Å². The maximum absolute atomic E-state index is 13.6. The van der Waals surface area contributed by atoms with Crippen LogP contribution in [0.15, 0.2) is 65.0 Å². The first-order chi connectivity index (χ1) is 15.4. The van der Waals surface area contributed by atoms with Crippen molar-refractivity contribution >= 4 is 17.4 Å². The number of nitrogens with one attached hydrogen (secondary N) is 2. The van der Waals surface area contributed by atoms with E-state index in [9.17, 15) is 9.59 Å². The summed E-state index contributed by atoms with van der Waals surface area (Å²) in [5, 5.41) is 6.40. The van der Waals surface area contributed by atoms with Gasteiger partial charge in [0.25, 0.3) is 5.91 Å². The summed E-state index contributed by atoms with van der Waals surface area (Å²) < 4.78 is 11.1. The van der Waals surface area contributed by atoms with Crippen molar-refractivity contribution in [2.75, 3.05) is 19.5 Å². The van der Waals surface area contributed by atoms with Crippen molar-refractivity contribution in [1.82, 2.24) is 5.32 Å². The number of benzene rings is 2. The van der Waals surface area contributed by atoms with E-state index in [2.05, 4.69) is 10.6 Å². The molecule has 6 nitrogen and oxygen atoms in total. The van der Waals surface area contributed by atoms with Crippen LogP contribution >= 0.6 is 0 Å². The van der Waals surface area contributed by atoms with E-state index in [4.69, 9.17) is 9.47 Å². The Morgan fingerprint density at radius 1 is 1.06 bits per heavy atom. The fraction of sp³-hybridized carbons (Fsp3) is 0.308. The predicted octanol–water partition coefficient (Wildman–Crippen LogP) is 4.62. The number of methoxy groups -OCH3 is 2. The number of amides is 1. The zero-order valence-electron chi connectivity index (χ0n) is 18.9. The molecule has 0 unspecified atom stereocenters. The summed E-state index contributed by atoms with van der Waals surface area (Å²) in [6.07, 6.45) is 2.04. The fourth-order valence-corrected chi connectivity index (χ4v) is 4.56. The number of para-hydroxylation sites is 1. The highest BCUT2D eigenvalue weighted by Crippen LogP contribution is 2.46. The molecule has 0 bridgehead atoms. The van der Waals surface area contributed by atoms with Gasteiger partial charge < -0.3 is 20.1 Å². The van der Waals surface area contributed by atoms with Crippen LogP contribution in [0.1, 0.15) is 43.2 Å². The Balaban J connectivity index is 1.87. The molecule has 1 aliphatic carbocycles. The van der Waals surface area contributed by atoms with Crippen LogP contribution in [-0.2, 0) is 9.59 Å². The van der Waals surface area contributed by atoms with Crippen molar-refractivity contribution in [3.05, 3.63) is 76.1 Å². The van der Waals surface area contributed by atoms with Gasteiger partial charge in [0.15, 0.2) is 5.78 Å². The third-order valence-electron chi connectivity index (χ3n) is 6.16. The second-order valence-electron chi connectivity index (χ2n) is 8.14. The lowest BCUT2D eigenvalue weighted by molar-refractivity contribution is -0.116. The largest absolute Gasteiger partial charge is 0.497 e. The number of hydrogen-bond acceptors (Lipinski definition) is 5. The minimum absolute atomic E-state index is 0.0577. The molecule has 1 heterocycles. The summed E-state index contributed by atoms with van der Waals surface area (Å²) in [6, 6.07) is 13.1. The molecule has 0 radical (unpaired) electrons. The summed E-state index contributed by atoms with van der Waals surface area (Å²) >= 11 is 0. The Morgan fingerprint density at radius 2 is 1.84 bits per heavy atom. The molecule has 1 amide bonds. The highest BCUT2D eigenvalue weighted by atomic mass is 16.5. The zero-order valence-corrected chi connectivity index (χ0v) is 18.9. The monoisotopic (exact) mass is 432 g/mol. The van der Waals surface area contributed by atoms with E-state index in [0.717, 1.165) is 41.1 Å². The lowest BCUT2D eigenvalue weighted by Crippen LogP contribution is -2.35. The van der Waals surface area contributed by atoms with Crippen LogP contribution in [0.3, 0.4) is 0 Å². The predicted molar refractivity (Wildman–Crippen MR) is 124 cm³/mol. The minimum Gasteiger partial charge on any atom is -0.497 e. The first-order valence-electron chi connectivity index (χ1n) is 10.8. The second kappa shape index (κ2) is 8.91. The van der Waals surface area contributed by atoms with Crippen molar-refractivity contribution in [1.29, 1.82) is 0 Å². The third kappa shape index (κ3) is 3.88. The van der Waals surface area contributed by atoms with Gasteiger partial charge in [-0.1, -0.05) is 18.2 Å². The van der Waals surface area contributed by atoms with Gasteiger partial charge >= 0.3 is 0 Å². The molecule has 166 valence electrons. The Labute approximate surface area is 188 Å². The quantitative estimate of drug-likeness (QED) is 0.721. The molecule has 0 saturated heterocycles. The van der Waals surface area contributed by atoms with Crippen LogP contribution in [0.2, 0.25) is 0 Å². The standard InChI is InChI=1S/C26H28N2O4/c1-15-8-5-6-9-19(15)28-26(30)23-16(2)27-20-10-7-11-21(29)25(20)24(23)18-14-17(31-3)12-13-22(18)32-4/h5-6,8-9,12-14,24,27H,7,10-11H2,1-4H3,(H,28,30)/t24-/m1/s1. The molecule has 2 aromatic carbocycles. The SMILES string of the molecule is COc1ccc(OC)c([C@@H]2C(C(=O)Nc3ccccc3C)=C(C)NC3=C2C(=O)CCC3)c1. The molecule has 2 aliphatic rings. The molecule has 1 aliphatic heterocycles. The number of allylic oxidation sites excluding steroid dienone is 3. The smallest absolute Gasteiger partial charge is 0.254 e. The van der Waals surface area contributed by atoms with Gasteiger partial charge in [-0.3, -0.25) is 9.59 Å². The lowest BCUT2D eigenvalue weighted by Gasteiger charge is -2.35. The minimum atomic E-state index is -0.548. The Morgan fingerprint density at radius 3 is 2.56 bits per heavy atom. The first-order valence-corrected chi connectivity index (χ1v) is 10.8. The summed E-state index contributed by atoms with van der Waals surface area (Å²) in [6.45, 7) is 3.83. The van der Waals surface area contributed by atoms with Gasteiger partial charge in [-0.05, 0) is 56.5 Å². The number of rotatable bonds is 5. The summed E-state index contributed by atoms with van der Waals surface area (Å²) in [5.41, 5.74) is 5.22. The molecule has 4 rings (SSSR count). The van der Waals surface area contributed by atoms with Gasteiger partial charge in [0.05, 0.1) is 20.1 Å². The normalized spacial score (nSPS) is 18.1. The van der Waals surface area contributed by atoms with E-state index < -0.39 is 5.92 Å². The third-order valence-corrected chi connectivity index (χ3v) is 6.16. The lowest BCUT2D eigenvalue weighted by atomic mass is 9.74. The van der Waals surface area contributed by atoms with E-state index in [-0.39, 0.29) is 11.7 Å². The molecule has 2 aromatic rings. The van der Waals surface area contributed by atoms with Crippen molar-refractivity contribution in [2.24, 2.45) is 0 Å². The van der Waals surface area contributed by atoms with Gasteiger partial charge in [-0.2, -0.15) is 0 Å². The van der Waals surface area contributed by atoms with Crippen molar-refractivity contribution in [2.45, 2.75) is 39.0 Å². The van der Waals surface area contributed by atoms with Gasteiger partial charge in [-0.15, -0.1) is 0 Å². The summed E-state index contributed by atoms with van der Waals surface area (Å²) in [5.74, 6) is 0.512. The number of Topliss-reactive ketones (excluding diaryl/α,β-unsaturated/α-hetero) is 1.